The van der Waals surface area contributed by atoms with Gasteiger partial charge in [0.05, 0.1) is 5.69 Å². The Morgan fingerprint density at radius 2 is 2.06 bits per heavy atom. The van der Waals surface area contributed by atoms with E-state index in [4.69, 9.17) is 5.73 Å². The van der Waals surface area contributed by atoms with Gasteiger partial charge in [-0.1, -0.05) is 0 Å². The third kappa shape index (κ3) is 2.46. The zero-order valence-corrected chi connectivity index (χ0v) is 9.81. The van der Waals surface area contributed by atoms with Gasteiger partial charge >= 0.3 is 0 Å². The second-order valence-electron chi connectivity index (χ2n) is 3.33. The summed E-state index contributed by atoms with van der Waals surface area (Å²) in [5.41, 5.74) is 5.19. The fraction of sp³-hybridized carbons (Fsp3) is 0. The Balaban J connectivity index is 2.36. The van der Waals surface area contributed by atoms with Crippen LogP contribution in [0.3, 0.4) is 0 Å². The Morgan fingerprint density at radius 3 is 2.67 bits per heavy atom. The maximum Gasteiger partial charge on any atom is 0.266 e. The molecule has 9 heteroatoms. The van der Waals surface area contributed by atoms with Gasteiger partial charge in [-0.05, 0) is 12.1 Å². The number of hydrogen-bond acceptors (Lipinski definition) is 6. The summed E-state index contributed by atoms with van der Waals surface area (Å²) in [6.07, 6.45) is 2.51. The van der Waals surface area contributed by atoms with E-state index in [1.807, 2.05) is 0 Å². The molecule has 94 valence electrons. The first-order valence-electron chi connectivity index (χ1n) is 4.77. The standard InChI is InChI=1S/C9H9N5O3S/c10-6-3-4-11-5-7(6)18(16,17)14-8-1-2-9(15)13-12-8/h1-5H,(H2,10,11)(H,12,14)(H,13,15). The third-order valence-corrected chi connectivity index (χ3v) is 3.42. The van der Waals surface area contributed by atoms with E-state index in [2.05, 4.69) is 19.9 Å². The number of anilines is 2. The van der Waals surface area contributed by atoms with Gasteiger partial charge < -0.3 is 5.73 Å². The lowest BCUT2D eigenvalue weighted by atomic mass is 10.4. The van der Waals surface area contributed by atoms with Gasteiger partial charge in [-0.2, -0.15) is 5.10 Å². The molecule has 0 aliphatic carbocycles. The monoisotopic (exact) mass is 267 g/mol. The molecule has 0 radical (unpaired) electrons. The van der Waals surface area contributed by atoms with E-state index in [0.29, 0.717) is 0 Å². The molecule has 0 spiro atoms. The number of nitrogens with two attached hydrogens (primary N) is 1. The van der Waals surface area contributed by atoms with Gasteiger partial charge in [0, 0.05) is 18.5 Å². The molecule has 2 rings (SSSR count). The van der Waals surface area contributed by atoms with Crippen LogP contribution in [-0.4, -0.2) is 23.6 Å². The first-order chi connectivity index (χ1) is 8.49. The van der Waals surface area contributed by atoms with Gasteiger partial charge in [0.2, 0.25) is 0 Å². The second-order valence-corrected chi connectivity index (χ2v) is 4.98. The van der Waals surface area contributed by atoms with E-state index < -0.39 is 15.6 Å². The molecule has 0 aliphatic heterocycles. The molecule has 0 aromatic carbocycles. The van der Waals surface area contributed by atoms with Crippen LogP contribution in [0.4, 0.5) is 11.5 Å². The molecule has 2 aromatic heterocycles. The summed E-state index contributed by atoms with van der Waals surface area (Å²) < 4.78 is 26.1. The number of nitrogen functional groups attached to an aromatic ring is 1. The minimum atomic E-state index is -3.88. The first kappa shape index (κ1) is 12.0. The molecular formula is C9H9N5O3S. The van der Waals surface area contributed by atoms with Crippen LogP contribution in [0.1, 0.15) is 0 Å². The average Bonchev–Trinajstić information content (AvgIpc) is 2.32. The summed E-state index contributed by atoms with van der Waals surface area (Å²) in [5, 5.41) is 5.64. The van der Waals surface area contributed by atoms with Crippen molar-refractivity contribution in [3.63, 3.8) is 0 Å². The fourth-order valence-electron chi connectivity index (χ4n) is 1.21. The number of sulfonamides is 1. The maximum atomic E-state index is 11.9. The highest BCUT2D eigenvalue weighted by Crippen LogP contribution is 2.18. The summed E-state index contributed by atoms with van der Waals surface area (Å²) in [7, 11) is -3.88. The molecule has 0 aliphatic rings. The van der Waals surface area contributed by atoms with Crippen LogP contribution < -0.4 is 16.0 Å². The maximum absolute atomic E-state index is 11.9. The normalized spacial score (nSPS) is 11.1. The molecule has 0 unspecified atom stereocenters. The second kappa shape index (κ2) is 4.45. The Labute approximate surface area is 102 Å². The van der Waals surface area contributed by atoms with Crippen molar-refractivity contribution < 1.29 is 8.42 Å². The molecule has 2 heterocycles. The number of aromatic amines is 1. The molecule has 4 N–H and O–H groups in total. The molecule has 0 saturated heterocycles. The highest BCUT2D eigenvalue weighted by Gasteiger charge is 2.18. The van der Waals surface area contributed by atoms with Crippen LogP contribution in [0.5, 0.6) is 0 Å². The predicted molar refractivity (Wildman–Crippen MR) is 64.3 cm³/mol. The zero-order valence-electron chi connectivity index (χ0n) is 8.99. The highest BCUT2D eigenvalue weighted by molar-refractivity contribution is 7.92. The van der Waals surface area contributed by atoms with E-state index in [-0.39, 0.29) is 16.4 Å². The number of rotatable bonds is 3. The Hall–Kier alpha value is -2.42. The SMILES string of the molecule is Nc1ccncc1S(=O)(=O)Nc1ccc(=O)[nH]n1. The minimum absolute atomic E-state index is 0.0159. The lowest BCUT2D eigenvalue weighted by molar-refractivity contribution is 0.601. The van der Waals surface area contributed by atoms with Crippen molar-refractivity contribution >= 4 is 21.5 Å². The van der Waals surface area contributed by atoms with E-state index in [1.165, 1.54) is 18.3 Å². The summed E-state index contributed by atoms with van der Waals surface area (Å²) in [4.78, 5) is 14.3. The van der Waals surface area contributed by atoms with E-state index >= 15 is 0 Å². The third-order valence-electron chi connectivity index (χ3n) is 2.02. The number of nitrogens with zero attached hydrogens (tertiary/aromatic N) is 2. The molecule has 2 aromatic rings. The van der Waals surface area contributed by atoms with Gasteiger partial charge in [-0.15, -0.1) is 0 Å². The molecule has 0 amide bonds. The minimum Gasteiger partial charge on any atom is -0.398 e. The van der Waals surface area contributed by atoms with Crippen LogP contribution >= 0.6 is 0 Å². The number of nitrogens with one attached hydrogen (secondary N) is 2. The van der Waals surface area contributed by atoms with Crippen molar-refractivity contribution in [2.24, 2.45) is 0 Å². The molecular weight excluding hydrogens is 258 g/mol. The number of H-pyrrole nitrogens is 1. The van der Waals surface area contributed by atoms with Crippen LogP contribution in [0.25, 0.3) is 0 Å². The lowest BCUT2D eigenvalue weighted by Crippen LogP contribution is -2.17. The van der Waals surface area contributed by atoms with Gasteiger partial charge in [0.25, 0.3) is 15.6 Å². The van der Waals surface area contributed by atoms with Crippen molar-refractivity contribution in [1.29, 1.82) is 0 Å². The Kier molecular flexibility index (Phi) is 2.98. The molecule has 0 saturated carbocycles. The van der Waals surface area contributed by atoms with Crippen LogP contribution in [0, 0.1) is 0 Å². The van der Waals surface area contributed by atoms with Crippen LogP contribution in [0.15, 0.2) is 40.3 Å². The quantitative estimate of drug-likeness (QED) is 0.690. The molecule has 0 atom stereocenters. The summed E-state index contributed by atoms with van der Waals surface area (Å²) in [6, 6.07) is 3.76. The summed E-state index contributed by atoms with van der Waals surface area (Å²) in [5.74, 6) is -0.0159. The Morgan fingerprint density at radius 1 is 1.28 bits per heavy atom. The van der Waals surface area contributed by atoms with Crippen LogP contribution in [-0.2, 0) is 10.0 Å². The van der Waals surface area contributed by atoms with Gasteiger partial charge in [0.15, 0.2) is 5.82 Å². The van der Waals surface area contributed by atoms with Crippen molar-refractivity contribution in [3.8, 4) is 0 Å². The molecule has 0 bridgehead atoms. The number of hydrogen-bond donors (Lipinski definition) is 3. The molecule has 18 heavy (non-hydrogen) atoms. The lowest BCUT2D eigenvalue weighted by Gasteiger charge is -2.07. The average molecular weight is 267 g/mol. The van der Waals surface area contributed by atoms with E-state index in [0.717, 1.165) is 12.3 Å². The molecule has 0 fully saturated rings. The van der Waals surface area contributed by atoms with Crippen molar-refractivity contribution in [2.75, 3.05) is 10.5 Å². The van der Waals surface area contributed by atoms with E-state index in [9.17, 15) is 13.2 Å². The summed E-state index contributed by atoms with van der Waals surface area (Å²) >= 11 is 0. The van der Waals surface area contributed by atoms with Gasteiger partial charge in [0.1, 0.15) is 4.90 Å². The van der Waals surface area contributed by atoms with Crippen LogP contribution in [0.2, 0.25) is 0 Å². The van der Waals surface area contributed by atoms with E-state index in [1.54, 1.807) is 0 Å². The number of aromatic nitrogens is 3. The fourth-order valence-corrected chi connectivity index (χ4v) is 2.29. The zero-order chi connectivity index (χ0) is 13.2. The molecule has 8 nitrogen and oxygen atoms in total. The highest BCUT2D eigenvalue weighted by atomic mass is 32.2. The van der Waals surface area contributed by atoms with Gasteiger partial charge in [-0.25, -0.2) is 13.5 Å². The van der Waals surface area contributed by atoms with Crippen molar-refractivity contribution in [2.45, 2.75) is 4.90 Å². The number of pyridine rings is 1. The topological polar surface area (TPSA) is 131 Å². The summed E-state index contributed by atoms with van der Waals surface area (Å²) in [6.45, 7) is 0. The van der Waals surface area contributed by atoms with Gasteiger partial charge in [-0.3, -0.25) is 14.5 Å². The first-order valence-corrected chi connectivity index (χ1v) is 6.25. The smallest absolute Gasteiger partial charge is 0.266 e. The van der Waals surface area contributed by atoms with Crippen molar-refractivity contribution in [1.82, 2.24) is 15.2 Å². The predicted octanol–water partition coefficient (Wildman–Crippen LogP) is -0.452. The van der Waals surface area contributed by atoms with Crippen molar-refractivity contribution in [3.05, 3.63) is 40.9 Å². The largest absolute Gasteiger partial charge is 0.398 e. The Bertz CT molecular complexity index is 704.